The number of hydrogen-bond donors (Lipinski definition) is 1. The second-order valence-electron chi connectivity index (χ2n) is 3.32. The maximum atomic E-state index is 10.8. The highest BCUT2D eigenvalue weighted by Gasteiger charge is 1.97. The fourth-order valence-electron chi connectivity index (χ4n) is 1.03. The first-order chi connectivity index (χ1) is 6.16. The van der Waals surface area contributed by atoms with E-state index in [1.54, 1.807) is 0 Å². The molecule has 0 atom stereocenters. The van der Waals surface area contributed by atoms with Crippen LogP contribution in [-0.2, 0) is 4.79 Å². The minimum atomic E-state index is -0.104. The van der Waals surface area contributed by atoms with Crippen molar-refractivity contribution in [2.45, 2.75) is 25.7 Å². The van der Waals surface area contributed by atoms with Crippen LogP contribution in [0.5, 0.6) is 0 Å². The summed E-state index contributed by atoms with van der Waals surface area (Å²) < 4.78 is 0. The van der Waals surface area contributed by atoms with Crippen LogP contribution in [0.1, 0.15) is 25.7 Å². The Kier molecular flexibility index (Phi) is 7.20. The van der Waals surface area contributed by atoms with Gasteiger partial charge in [0, 0.05) is 6.42 Å². The highest BCUT2D eigenvalue weighted by Crippen LogP contribution is 2.00. The quantitative estimate of drug-likeness (QED) is 0.281. The van der Waals surface area contributed by atoms with Gasteiger partial charge in [-0.25, -0.2) is 0 Å². The Bertz CT molecular complexity index is 167. The number of oxime groups is 1. The molecule has 4 heteroatoms. The number of hydrogen-bond acceptors (Lipinski definition) is 4. The fourth-order valence-corrected chi connectivity index (χ4v) is 1.03. The highest BCUT2D eigenvalue weighted by atomic mass is 16.4. The summed E-state index contributed by atoms with van der Waals surface area (Å²) in [6, 6.07) is 0. The SMILES string of the molecule is CN(C)CCCCCC(=O)/C=N\O. The number of ketones is 1. The van der Waals surface area contributed by atoms with E-state index in [0.29, 0.717) is 6.42 Å². The van der Waals surface area contributed by atoms with Crippen molar-refractivity contribution >= 4 is 12.0 Å². The molecule has 13 heavy (non-hydrogen) atoms. The Balaban J connectivity index is 3.21. The van der Waals surface area contributed by atoms with Crippen LogP contribution in [0.4, 0.5) is 0 Å². The molecule has 0 heterocycles. The van der Waals surface area contributed by atoms with Gasteiger partial charge in [0.15, 0.2) is 5.78 Å². The molecule has 0 bridgehead atoms. The fraction of sp³-hybridized carbons (Fsp3) is 0.778. The highest BCUT2D eigenvalue weighted by molar-refractivity contribution is 6.27. The minimum absolute atomic E-state index is 0.104. The summed E-state index contributed by atoms with van der Waals surface area (Å²) in [6.45, 7) is 1.06. The summed E-state index contributed by atoms with van der Waals surface area (Å²) in [4.78, 5) is 12.9. The lowest BCUT2D eigenvalue weighted by Gasteiger charge is -2.07. The topological polar surface area (TPSA) is 52.9 Å². The molecule has 0 aliphatic carbocycles. The molecule has 0 amide bonds. The Morgan fingerprint density at radius 2 is 2.08 bits per heavy atom. The molecule has 1 N–H and O–H groups in total. The van der Waals surface area contributed by atoms with Crippen molar-refractivity contribution in [2.24, 2.45) is 5.16 Å². The van der Waals surface area contributed by atoms with Crippen LogP contribution < -0.4 is 0 Å². The number of carbonyl (C=O) groups excluding carboxylic acids is 1. The van der Waals surface area contributed by atoms with E-state index in [0.717, 1.165) is 32.0 Å². The second-order valence-corrected chi connectivity index (χ2v) is 3.32. The van der Waals surface area contributed by atoms with Gasteiger partial charge in [-0.2, -0.15) is 0 Å². The van der Waals surface area contributed by atoms with Crippen molar-refractivity contribution < 1.29 is 10.0 Å². The summed E-state index contributed by atoms with van der Waals surface area (Å²) in [5, 5.41) is 10.7. The summed E-state index contributed by atoms with van der Waals surface area (Å²) >= 11 is 0. The summed E-state index contributed by atoms with van der Waals surface area (Å²) in [6.07, 6.45) is 4.47. The number of unbranched alkanes of at least 4 members (excludes halogenated alkanes) is 2. The van der Waals surface area contributed by atoms with E-state index < -0.39 is 0 Å². The number of nitrogens with zero attached hydrogens (tertiary/aromatic N) is 2. The average molecular weight is 186 g/mol. The van der Waals surface area contributed by atoms with Gasteiger partial charge in [0.25, 0.3) is 0 Å². The average Bonchev–Trinajstić information content (AvgIpc) is 2.03. The zero-order chi connectivity index (χ0) is 10.1. The molecular formula is C9H18N2O2. The Hall–Kier alpha value is -0.900. The molecule has 0 aromatic rings. The third kappa shape index (κ3) is 9.01. The second kappa shape index (κ2) is 7.73. The molecule has 76 valence electrons. The van der Waals surface area contributed by atoms with E-state index >= 15 is 0 Å². The predicted octanol–water partition coefficient (Wildman–Crippen LogP) is 1.14. The summed E-state index contributed by atoms with van der Waals surface area (Å²) in [5.74, 6) is -0.104. The molecule has 0 aromatic carbocycles. The molecule has 0 unspecified atom stereocenters. The van der Waals surface area contributed by atoms with Crippen LogP contribution in [0.2, 0.25) is 0 Å². The van der Waals surface area contributed by atoms with Gasteiger partial charge in [0.05, 0.1) is 0 Å². The molecular weight excluding hydrogens is 168 g/mol. The van der Waals surface area contributed by atoms with Gasteiger partial charge in [-0.1, -0.05) is 11.6 Å². The Labute approximate surface area is 79.2 Å². The van der Waals surface area contributed by atoms with Crippen LogP contribution in [0.15, 0.2) is 5.16 Å². The smallest absolute Gasteiger partial charge is 0.177 e. The monoisotopic (exact) mass is 186 g/mol. The van der Waals surface area contributed by atoms with Gasteiger partial charge < -0.3 is 10.1 Å². The first-order valence-electron chi connectivity index (χ1n) is 4.52. The van der Waals surface area contributed by atoms with Crippen LogP contribution in [0.3, 0.4) is 0 Å². The standard InChI is InChI=1S/C9H18N2O2/c1-11(2)7-5-3-4-6-9(12)8-10-13/h8,13H,3-7H2,1-2H3/b10-8-. The maximum Gasteiger partial charge on any atom is 0.177 e. The van der Waals surface area contributed by atoms with Crippen molar-refractivity contribution in [1.82, 2.24) is 4.90 Å². The molecule has 0 fully saturated rings. The molecule has 0 rings (SSSR count). The zero-order valence-corrected chi connectivity index (χ0v) is 8.36. The van der Waals surface area contributed by atoms with Crippen molar-refractivity contribution in [3.05, 3.63) is 0 Å². The Morgan fingerprint density at radius 3 is 2.62 bits per heavy atom. The third-order valence-corrected chi connectivity index (χ3v) is 1.73. The van der Waals surface area contributed by atoms with E-state index in [1.165, 1.54) is 0 Å². The predicted molar refractivity (Wildman–Crippen MR) is 52.3 cm³/mol. The molecule has 0 aromatic heterocycles. The van der Waals surface area contributed by atoms with Crippen LogP contribution in [0.25, 0.3) is 0 Å². The Morgan fingerprint density at radius 1 is 1.38 bits per heavy atom. The first-order valence-corrected chi connectivity index (χ1v) is 4.52. The maximum absolute atomic E-state index is 10.8. The molecule has 0 aliphatic rings. The lowest BCUT2D eigenvalue weighted by atomic mass is 10.1. The lowest BCUT2D eigenvalue weighted by molar-refractivity contribution is -0.112. The van der Waals surface area contributed by atoms with Gasteiger partial charge in [0.2, 0.25) is 0 Å². The van der Waals surface area contributed by atoms with Crippen LogP contribution in [-0.4, -0.2) is 42.7 Å². The normalized spacial score (nSPS) is 11.3. The van der Waals surface area contributed by atoms with Crippen molar-refractivity contribution in [2.75, 3.05) is 20.6 Å². The minimum Gasteiger partial charge on any atom is -0.411 e. The van der Waals surface area contributed by atoms with Crippen molar-refractivity contribution in [3.8, 4) is 0 Å². The third-order valence-electron chi connectivity index (χ3n) is 1.73. The largest absolute Gasteiger partial charge is 0.411 e. The van der Waals surface area contributed by atoms with Crippen LogP contribution >= 0.6 is 0 Å². The summed E-state index contributed by atoms with van der Waals surface area (Å²) in [5.41, 5.74) is 0. The van der Waals surface area contributed by atoms with Gasteiger partial charge in [-0.15, -0.1) is 0 Å². The molecule has 0 spiro atoms. The van der Waals surface area contributed by atoms with E-state index in [1.807, 2.05) is 14.1 Å². The first kappa shape index (κ1) is 12.1. The molecule has 0 saturated carbocycles. The zero-order valence-electron chi connectivity index (χ0n) is 8.36. The van der Waals surface area contributed by atoms with Crippen molar-refractivity contribution in [3.63, 3.8) is 0 Å². The van der Waals surface area contributed by atoms with Gasteiger partial charge in [-0.05, 0) is 33.5 Å². The van der Waals surface area contributed by atoms with E-state index in [9.17, 15) is 4.79 Å². The van der Waals surface area contributed by atoms with Crippen molar-refractivity contribution in [1.29, 1.82) is 0 Å². The van der Waals surface area contributed by atoms with Crippen LogP contribution in [0, 0.1) is 0 Å². The van der Waals surface area contributed by atoms with E-state index in [2.05, 4.69) is 10.1 Å². The molecule has 0 radical (unpaired) electrons. The molecule has 4 nitrogen and oxygen atoms in total. The van der Waals surface area contributed by atoms with E-state index in [4.69, 9.17) is 5.21 Å². The van der Waals surface area contributed by atoms with E-state index in [-0.39, 0.29) is 5.78 Å². The van der Waals surface area contributed by atoms with Gasteiger partial charge in [0.1, 0.15) is 6.21 Å². The van der Waals surface area contributed by atoms with Gasteiger partial charge >= 0.3 is 0 Å². The number of carbonyl (C=O) groups is 1. The number of rotatable bonds is 7. The molecule has 0 saturated heterocycles. The lowest BCUT2D eigenvalue weighted by Crippen LogP contribution is -2.12. The molecule has 0 aliphatic heterocycles. The number of Topliss-reactive ketones (excluding diaryl/α,β-unsaturated/α-hetero) is 1. The van der Waals surface area contributed by atoms with Gasteiger partial charge in [-0.3, -0.25) is 4.79 Å². The summed E-state index contributed by atoms with van der Waals surface area (Å²) in [7, 11) is 4.06.